The van der Waals surface area contributed by atoms with Gasteiger partial charge in [-0.2, -0.15) is 0 Å². The van der Waals surface area contributed by atoms with Gasteiger partial charge in [-0.1, -0.05) is 6.07 Å². The largest absolute Gasteiger partial charge is 0.273 e. The van der Waals surface area contributed by atoms with Crippen molar-refractivity contribution in [3.05, 3.63) is 54.5 Å². The fourth-order valence-electron chi connectivity index (χ4n) is 3.21. The summed E-state index contributed by atoms with van der Waals surface area (Å²) in [4.78, 5) is 4.18. The van der Waals surface area contributed by atoms with Crippen LogP contribution in [0.15, 0.2) is 48.9 Å². The molecule has 20 heavy (non-hydrogen) atoms. The van der Waals surface area contributed by atoms with E-state index in [9.17, 15) is 0 Å². The van der Waals surface area contributed by atoms with Crippen LogP contribution in [0, 0.1) is 0 Å². The maximum absolute atomic E-state index is 8.01. The molecule has 0 amide bonds. The number of imidazole rings is 1. The van der Waals surface area contributed by atoms with E-state index in [0.29, 0.717) is 12.4 Å². The molecule has 4 aromatic heterocycles. The van der Waals surface area contributed by atoms with Crippen molar-refractivity contribution >= 4 is 16.7 Å². The predicted molar refractivity (Wildman–Crippen MR) is 76.4 cm³/mol. The first kappa shape index (κ1) is 7.85. The highest BCUT2D eigenvalue weighted by Gasteiger charge is 2.32. The molecule has 0 atom stereocenters. The maximum atomic E-state index is 8.01. The number of aryl methyl sites for hydroxylation is 1. The van der Waals surface area contributed by atoms with Crippen molar-refractivity contribution in [3.8, 4) is 11.4 Å². The number of hydrogen-bond donors (Lipinski definition) is 0. The minimum atomic E-state index is -2.25. The van der Waals surface area contributed by atoms with Gasteiger partial charge in [0.05, 0.1) is 29.4 Å². The van der Waals surface area contributed by atoms with Gasteiger partial charge in [0.2, 0.25) is 5.82 Å². The predicted octanol–water partition coefficient (Wildman–Crippen LogP) is 2.14. The minimum absolute atomic E-state index is 0.660. The highest BCUT2D eigenvalue weighted by molar-refractivity contribution is 5.82. The van der Waals surface area contributed by atoms with E-state index in [1.807, 2.05) is 40.9 Å². The van der Waals surface area contributed by atoms with E-state index < -0.39 is 6.98 Å². The number of fused-ring (bicyclic) bond motifs is 7. The second kappa shape index (κ2) is 3.28. The van der Waals surface area contributed by atoms with E-state index in [1.165, 1.54) is 4.57 Å². The van der Waals surface area contributed by atoms with E-state index in [1.54, 1.807) is 12.4 Å². The van der Waals surface area contributed by atoms with Crippen LogP contribution >= 0.6 is 0 Å². The molecule has 1 aliphatic rings. The topological polar surface area (TPSA) is 26.1 Å². The Morgan fingerprint density at radius 2 is 2.35 bits per heavy atom. The summed E-state index contributed by atoms with van der Waals surface area (Å²) in [5, 5.41) is 0. The van der Waals surface area contributed by atoms with E-state index in [0.717, 1.165) is 27.8 Å². The summed E-state index contributed by atoms with van der Waals surface area (Å²) in [5.74, 6) is 0.705. The Balaban J connectivity index is 2.01. The summed E-state index contributed by atoms with van der Waals surface area (Å²) < 4.78 is 29.6. The molecule has 5 rings (SSSR count). The first-order valence-electron chi connectivity index (χ1n) is 8.04. The van der Waals surface area contributed by atoms with Crippen molar-refractivity contribution in [1.82, 2.24) is 14.0 Å². The lowest BCUT2D eigenvalue weighted by Gasteiger charge is -1.95. The third-order valence-electron chi connectivity index (χ3n) is 4.08. The Morgan fingerprint density at radius 1 is 1.35 bits per heavy atom. The van der Waals surface area contributed by atoms with Crippen LogP contribution in [0.5, 0.6) is 0 Å². The van der Waals surface area contributed by atoms with Crippen LogP contribution in [0.2, 0.25) is 0 Å². The molecule has 0 saturated heterocycles. The molecular weight excluding hydrogens is 248 g/mol. The molecule has 0 saturated carbocycles. The zero-order valence-electron chi connectivity index (χ0n) is 13.6. The maximum Gasteiger partial charge on any atom is 0.273 e. The van der Waals surface area contributed by atoms with Crippen molar-refractivity contribution in [2.75, 3.05) is 0 Å². The Morgan fingerprint density at radius 3 is 3.30 bits per heavy atom. The standard InChI is InChI=1S/C16H13N4/c1-18-14-8-12-4-2-3-7-19(12)16(14)20-10-11-5-6-17-9-13(11)15(18)20/h2-9H,10H2,1H3/q+1/i1D3. The van der Waals surface area contributed by atoms with Crippen LogP contribution in [-0.2, 0) is 13.5 Å². The molecule has 4 heteroatoms. The molecule has 4 nitrogen and oxygen atoms in total. The normalized spacial score (nSPS) is 15.9. The molecule has 1 aliphatic heterocycles. The summed E-state index contributed by atoms with van der Waals surface area (Å²) >= 11 is 0. The SMILES string of the molecule is [2H]C([2H])([2H])n1c2[n+](c3c1cc1ccccn13)Cc1ccncc1-2. The molecule has 0 aliphatic carbocycles. The molecule has 0 bridgehead atoms. The third kappa shape index (κ3) is 1.04. The highest BCUT2D eigenvalue weighted by atomic mass is 15.2. The minimum Gasteiger partial charge on any atom is -0.264 e. The molecule has 0 spiro atoms. The van der Waals surface area contributed by atoms with Gasteiger partial charge in [-0.25, -0.2) is 8.97 Å². The number of rotatable bonds is 0. The molecule has 4 aromatic rings. The van der Waals surface area contributed by atoms with E-state index in [4.69, 9.17) is 4.11 Å². The van der Waals surface area contributed by atoms with Crippen LogP contribution in [0.25, 0.3) is 28.1 Å². The summed E-state index contributed by atoms with van der Waals surface area (Å²) in [7, 11) is 0. The lowest BCUT2D eigenvalue weighted by atomic mass is 10.2. The van der Waals surface area contributed by atoms with Crippen LogP contribution < -0.4 is 4.57 Å². The van der Waals surface area contributed by atoms with Gasteiger partial charge in [-0.3, -0.25) is 9.55 Å². The molecule has 0 radical (unpaired) electrons. The lowest BCUT2D eigenvalue weighted by molar-refractivity contribution is -0.648. The van der Waals surface area contributed by atoms with Gasteiger partial charge in [0.1, 0.15) is 5.52 Å². The van der Waals surface area contributed by atoms with Gasteiger partial charge in [0.25, 0.3) is 5.65 Å². The molecule has 96 valence electrons. The summed E-state index contributed by atoms with van der Waals surface area (Å²) in [6, 6.07) is 9.78. The van der Waals surface area contributed by atoms with Gasteiger partial charge in [-0.05, 0) is 18.2 Å². The number of pyridine rings is 2. The summed E-state index contributed by atoms with van der Waals surface area (Å²) in [6.45, 7) is -1.59. The van der Waals surface area contributed by atoms with Crippen molar-refractivity contribution < 1.29 is 8.68 Å². The zero-order valence-corrected chi connectivity index (χ0v) is 10.6. The van der Waals surface area contributed by atoms with Gasteiger partial charge >= 0.3 is 0 Å². The fourth-order valence-corrected chi connectivity index (χ4v) is 3.21. The van der Waals surface area contributed by atoms with Gasteiger partial charge < -0.3 is 0 Å². The quantitative estimate of drug-likeness (QED) is 0.394. The Bertz CT molecular complexity index is 1090. The highest BCUT2D eigenvalue weighted by Crippen LogP contribution is 2.31. The van der Waals surface area contributed by atoms with Crippen LogP contribution in [-0.4, -0.2) is 14.0 Å². The number of nitrogens with zero attached hydrogens (tertiary/aromatic N) is 4. The molecule has 5 heterocycles. The molecule has 0 N–H and O–H groups in total. The summed E-state index contributed by atoms with van der Waals surface area (Å²) in [5.41, 5.74) is 4.61. The van der Waals surface area contributed by atoms with Crippen molar-refractivity contribution in [3.63, 3.8) is 0 Å². The zero-order chi connectivity index (χ0) is 15.8. The van der Waals surface area contributed by atoms with Gasteiger partial charge in [0.15, 0.2) is 5.52 Å². The Kier molecular flexibility index (Phi) is 1.29. The number of hydrogen-bond acceptors (Lipinski definition) is 1. The van der Waals surface area contributed by atoms with Gasteiger partial charge in [-0.15, -0.1) is 0 Å². The van der Waals surface area contributed by atoms with Crippen LogP contribution in [0.3, 0.4) is 0 Å². The fraction of sp³-hybridized carbons (Fsp3) is 0.125. The van der Waals surface area contributed by atoms with Crippen molar-refractivity contribution in [2.45, 2.75) is 6.54 Å². The van der Waals surface area contributed by atoms with Crippen LogP contribution in [0.1, 0.15) is 9.68 Å². The lowest BCUT2D eigenvalue weighted by Crippen LogP contribution is -2.32. The Labute approximate surface area is 119 Å². The molecule has 0 fully saturated rings. The molecule has 0 aromatic carbocycles. The van der Waals surface area contributed by atoms with Gasteiger partial charge in [0, 0.05) is 24.0 Å². The van der Waals surface area contributed by atoms with Crippen LogP contribution in [0.4, 0.5) is 0 Å². The number of aromatic nitrogens is 4. The summed E-state index contributed by atoms with van der Waals surface area (Å²) in [6.07, 6.45) is 5.47. The average Bonchev–Trinajstić information content (AvgIpc) is 3.12. The third-order valence-corrected chi connectivity index (χ3v) is 4.08. The Hall–Kier alpha value is -2.62. The monoisotopic (exact) mass is 264 g/mol. The first-order chi connectivity index (χ1) is 11.1. The van der Waals surface area contributed by atoms with E-state index >= 15 is 0 Å². The second-order valence-corrected chi connectivity index (χ2v) is 5.13. The van der Waals surface area contributed by atoms with E-state index in [2.05, 4.69) is 9.55 Å². The second-order valence-electron chi connectivity index (χ2n) is 5.13. The van der Waals surface area contributed by atoms with E-state index in [-0.39, 0.29) is 0 Å². The van der Waals surface area contributed by atoms with Crippen molar-refractivity contribution in [2.24, 2.45) is 6.98 Å². The smallest absolute Gasteiger partial charge is 0.264 e. The molecular formula is C16H13N4+. The molecule has 0 unspecified atom stereocenters. The average molecular weight is 264 g/mol. The first-order valence-corrected chi connectivity index (χ1v) is 6.54. The van der Waals surface area contributed by atoms with Crippen molar-refractivity contribution in [1.29, 1.82) is 0 Å².